The zero-order valence-electron chi connectivity index (χ0n) is 18.5. The Morgan fingerprint density at radius 1 is 1.06 bits per heavy atom. The van der Waals surface area contributed by atoms with Crippen LogP contribution in [0.5, 0.6) is 0 Å². The maximum absolute atomic E-state index is 15.0. The predicted molar refractivity (Wildman–Crippen MR) is 117 cm³/mol. The summed E-state index contributed by atoms with van der Waals surface area (Å²) in [5.41, 5.74) is -1.52. The molecule has 3 rings (SSSR count). The molecule has 0 aliphatic heterocycles. The molecule has 0 fully saturated rings. The maximum Gasteiger partial charge on any atom is 0.416 e. The van der Waals surface area contributed by atoms with E-state index >= 15 is 4.39 Å². The number of aryl methyl sites for hydroxylation is 2. The zero-order valence-corrected chi connectivity index (χ0v) is 18.5. The molecule has 1 unspecified atom stereocenters. The molecule has 1 N–H and O–H groups in total. The van der Waals surface area contributed by atoms with Crippen molar-refractivity contribution in [3.8, 4) is 0 Å². The Balaban J connectivity index is 1.77. The van der Waals surface area contributed by atoms with Crippen molar-refractivity contribution in [2.75, 3.05) is 0 Å². The summed E-state index contributed by atoms with van der Waals surface area (Å²) in [7, 11) is 0. The fraction of sp³-hybridized carbons (Fsp3) is 0.240. The SMILES string of the molecule is Cc1cc(C(F)CCc2ccc(C(=O)O)cc2C(F)(F)F)cc(C(=O)N(F)Cc2ccccc2)n1. The molecule has 0 bridgehead atoms. The molecule has 0 radical (unpaired) electrons. The summed E-state index contributed by atoms with van der Waals surface area (Å²) in [5, 5.41) is 8.91. The third-order valence-electron chi connectivity index (χ3n) is 5.27. The number of aromatic carboxylic acids is 1. The molecule has 10 heteroatoms. The normalized spacial score (nSPS) is 12.3. The first kappa shape index (κ1) is 25.8. The van der Waals surface area contributed by atoms with Crippen LogP contribution in [0, 0.1) is 6.92 Å². The number of carboxylic acids is 1. The van der Waals surface area contributed by atoms with E-state index < -0.39 is 35.4 Å². The Hall–Kier alpha value is -3.82. The summed E-state index contributed by atoms with van der Waals surface area (Å²) >= 11 is 0. The van der Waals surface area contributed by atoms with Gasteiger partial charge in [0.05, 0.1) is 17.7 Å². The number of rotatable bonds is 8. The topological polar surface area (TPSA) is 70.5 Å². The largest absolute Gasteiger partial charge is 0.478 e. The molecule has 0 aliphatic rings. The summed E-state index contributed by atoms with van der Waals surface area (Å²) in [6.45, 7) is 1.15. The van der Waals surface area contributed by atoms with Crippen LogP contribution >= 0.6 is 0 Å². The molecule has 35 heavy (non-hydrogen) atoms. The van der Waals surface area contributed by atoms with Gasteiger partial charge in [0.25, 0.3) is 5.91 Å². The van der Waals surface area contributed by atoms with Gasteiger partial charge in [-0.1, -0.05) is 40.9 Å². The van der Waals surface area contributed by atoms with E-state index in [1.54, 1.807) is 30.3 Å². The number of carbonyl (C=O) groups excluding carboxylic acids is 1. The second kappa shape index (κ2) is 10.6. The first-order chi connectivity index (χ1) is 16.5. The lowest BCUT2D eigenvalue weighted by molar-refractivity contribution is -0.138. The lowest BCUT2D eigenvalue weighted by Gasteiger charge is -2.16. The summed E-state index contributed by atoms with van der Waals surface area (Å²) < 4.78 is 69.6. The van der Waals surface area contributed by atoms with Gasteiger partial charge >= 0.3 is 12.1 Å². The number of amides is 1. The summed E-state index contributed by atoms with van der Waals surface area (Å²) in [5.74, 6) is -2.58. The highest BCUT2D eigenvalue weighted by Gasteiger charge is 2.34. The van der Waals surface area contributed by atoms with E-state index in [4.69, 9.17) is 5.11 Å². The molecular formula is C25H21F5N2O3. The minimum Gasteiger partial charge on any atom is -0.478 e. The fourth-order valence-electron chi connectivity index (χ4n) is 3.57. The van der Waals surface area contributed by atoms with Gasteiger partial charge in [-0.2, -0.15) is 18.3 Å². The number of nitrogens with zero attached hydrogens (tertiary/aromatic N) is 2. The average Bonchev–Trinajstić information content (AvgIpc) is 2.81. The van der Waals surface area contributed by atoms with Crippen LogP contribution in [0.3, 0.4) is 0 Å². The number of hydrogen-bond acceptors (Lipinski definition) is 3. The minimum absolute atomic E-state index is 0.0234. The maximum atomic E-state index is 15.0. The molecule has 3 aromatic rings. The van der Waals surface area contributed by atoms with Crippen LogP contribution in [0.1, 0.15) is 61.4 Å². The van der Waals surface area contributed by atoms with Crippen LogP contribution in [0.25, 0.3) is 0 Å². The molecule has 0 aliphatic carbocycles. The number of pyridine rings is 1. The zero-order chi connectivity index (χ0) is 25.8. The van der Waals surface area contributed by atoms with Crippen molar-refractivity contribution in [2.45, 2.75) is 38.7 Å². The molecule has 1 aromatic heterocycles. The first-order valence-electron chi connectivity index (χ1n) is 10.5. The highest BCUT2D eigenvalue weighted by atomic mass is 19.4. The van der Waals surface area contributed by atoms with E-state index in [1.807, 2.05) is 0 Å². The van der Waals surface area contributed by atoms with Gasteiger partial charge in [-0.3, -0.25) is 4.79 Å². The molecule has 0 saturated carbocycles. The molecule has 0 saturated heterocycles. The Bertz CT molecular complexity index is 1220. The van der Waals surface area contributed by atoms with Crippen LogP contribution in [0.2, 0.25) is 0 Å². The van der Waals surface area contributed by atoms with Gasteiger partial charge in [0.2, 0.25) is 0 Å². The molecule has 184 valence electrons. The van der Waals surface area contributed by atoms with Crippen molar-refractivity contribution >= 4 is 11.9 Å². The average molecular weight is 492 g/mol. The van der Waals surface area contributed by atoms with Gasteiger partial charge in [0.15, 0.2) is 0 Å². The van der Waals surface area contributed by atoms with E-state index in [2.05, 4.69) is 4.98 Å². The smallest absolute Gasteiger partial charge is 0.416 e. The van der Waals surface area contributed by atoms with Crippen molar-refractivity contribution in [1.29, 1.82) is 0 Å². The van der Waals surface area contributed by atoms with Gasteiger partial charge in [0.1, 0.15) is 11.9 Å². The Kier molecular flexibility index (Phi) is 7.83. The van der Waals surface area contributed by atoms with Crippen LogP contribution < -0.4 is 0 Å². The molecular weight excluding hydrogens is 471 g/mol. The van der Waals surface area contributed by atoms with Crippen molar-refractivity contribution in [2.24, 2.45) is 0 Å². The monoisotopic (exact) mass is 492 g/mol. The first-order valence-corrected chi connectivity index (χ1v) is 10.5. The number of aromatic nitrogens is 1. The summed E-state index contributed by atoms with van der Waals surface area (Å²) in [6, 6.07) is 13.3. The van der Waals surface area contributed by atoms with Crippen LogP contribution in [0.4, 0.5) is 22.0 Å². The van der Waals surface area contributed by atoms with Crippen molar-refractivity contribution in [3.63, 3.8) is 0 Å². The second-order valence-electron chi connectivity index (χ2n) is 7.92. The Labute approximate surface area is 197 Å². The number of alkyl halides is 4. The molecule has 1 atom stereocenters. The highest BCUT2D eigenvalue weighted by molar-refractivity contribution is 5.91. The van der Waals surface area contributed by atoms with Gasteiger partial charge in [-0.05, 0) is 60.7 Å². The van der Waals surface area contributed by atoms with Crippen LogP contribution in [-0.4, -0.2) is 27.1 Å². The number of hydrogen-bond donors (Lipinski definition) is 1. The molecule has 5 nitrogen and oxygen atoms in total. The highest BCUT2D eigenvalue weighted by Crippen LogP contribution is 2.35. The second-order valence-corrected chi connectivity index (χ2v) is 7.92. The van der Waals surface area contributed by atoms with Gasteiger partial charge in [-0.15, -0.1) is 0 Å². The summed E-state index contributed by atoms with van der Waals surface area (Å²) in [6.07, 6.45) is -7.31. The lowest BCUT2D eigenvalue weighted by atomic mass is 9.96. The standard InChI is InChI=1S/C25H21F5N2O3/c1-15-11-19(13-22(31-15)23(33)32(30)14-16-5-3-2-4-6-16)21(26)10-9-17-7-8-18(24(34)35)12-20(17)25(27,28)29/h2-8,11-13,21H,9-10,14H2,1H3,(H,34,35). The van der Waals surface area contributed by atoms with Gasteiger partial charge in [-0.25, -0.2) is 14.2 Å². The molecule has 2 aromatic carbocycles. The number of benzene rings is 2. The third kappa shape index (κ3) is 6.62. The Morgan fingerprint density at radius 2 is 1.74 bits per heavy atom. The molecule has 1 heterocycles. The van der Waals surface area contributed by atoms with Gasteiger partial charge in [0, 0.05) is 5.69 Å². The van der Waals surface area contributed by atoms with E-state index in [0.29, 0.717) is 11.6 Å². The van der Waals surface area contributed by atoms with Gasteiger partial charge < -0.3 is 5.11 Å². The number of halogens is 5. The van der Waals surface area contributed by atoms with Crippen molar-refractivity contribution < 1.29 is 36.7 Å². The van der Waals surface area contributed by atoms with E-state index in [9.17, 15) is 27.2 Å². The van der Waals surface area contributed by atoms with Crippen molar-refractivity contribution in [1.82, 2.24) is 10.1 Å². The lowest BCUT2D eigenvalue weighted by Crippen LogP contribution is -2.23. The van der Waals surface area contributed by atoms with E-state index in [1.165, 1.54) is 13.0 Å². The minimum atomic E-state index is -4.82. The summed E-state index contributed by atoms with van der Waals surface area (Å²) in [4.78, 5) is 27.5. The molecule has 0 spiro atoms. The molecule has 1 amide bonds. The third-order valence-corrected chi connectivity index (χ3v) is 5.27. The number of carboxylic acid groups (broad SMARTS) is 1. The Morgan fingerprint density at radius 3 is 2.37 bits per heavy atom. The van der Waals surface area contributed by atoms with E-state index in [0.717, 1.165) is 18.2 Å². The quantitative estimate of drug-likeness (QED) is 0.297. The fourth-order valence-corrected chi connectivity index (χ4v) is 3.57. The predicted octanol–water partition coefficient (Wildman–Crippen LogP) is 6.28. The number of carbonyl (C=O) groups is 2. The van der Waals surface area contributed by atoms with Crippen LogP contribution in [-0.2, 0) is 19.1 Å². The van der Waals surface area contributed by atoms with E-state index in [-0.39, 0.29) is 47.0 Å². The van der Waals surface area contributed by atoms with Crippen molar-refractivity contribution in [3.05, 3.63) is 99.9 Å². The van der Waals surface area contributed by atoms with Crippen LogP contribution in [0.15, 0.2) is 60.7 Å².